The Labute approximate surface area is 168 Å². The van der Waals surface area contributed by atoms with Gasteiger partial charge >= 0.3 is 5.97 Å². The minimum absolute atomic E-state index is 0.0332. The number of hydrogen-bond acceptors (Lipinski definition) is 6. The second kappa shape index (κ2) is 8.22. The van der Waals surface area contributed by atoms with Crippen LogP contribution in [0.3, 0.4) is 0 Å². The van der Waals surface area contributed by atoms with Gasteiger partial charge in [-0.3, -0.25) is 9.48 Å². The fraction of sp³-hybridized carbons (Fsp3) is 0.286. The first-order valence-electron chi connectivity index (χ1n) is 9.02. The Morgan fingerprint density at radius 2 is 1.93 bits per heavy atom. The molecule has 152 valence electrons. The van der Waals surface area contributed by atoms with E-state index in [1.165, 1.54) is 11.8 Å². The Hall–Kier alpha value is -3.55. The zero-order chi connectivity index (χ0) is 21.1. The van der Waals surface area contributed by atoms with E-state index in [1.807, 2.05) is 32.0 Å². The summed E-state index contributed by atoms with van der Waals surface area (Å²) in [4.78, 5) is 24.5. The van der Waals surface area contributed by atoms with Crippen LogP contribution in [0.1, 0.15) is 43.6 Å². The van der Waals surface area contributed by atoms with Crippen LogP contribution in [0.15, 0.2) is 34.7 Å². The van der Waals surface area contributed by atoms with Crippen LogP contribution in [-0.4, -0.2) is 28.8 Å². The molecule has 0 bridgehead atoms. The lowest BCUT2D eigenvalue weighted by molar-refractivity contribution is 0.0594. The number of rotatable bonds is 6. The number of esters is 1. The van der Waals surface area contributed by atoms with Crippen molar-refractivity contribution in [1.29, 1.82) is 0 Å². The molecule has 0 aliphatic carbocycles. The van der Waals surface area contributed by atoms with Gasteiger partial charge in [0, 0.05) is 7.05 Å². The van der Waals surface area contributed by atoms with E-state index in [4.69, 9.17) is 13.9 Å². The number of nitrogens with one attached hydrogen (secondary N) is 1. The highest BCUT2D eigenvalue weighted by Gasteiger charge is 2.23. The summed E-state index contributed by atoms with van der Waals surface area (Å²) < 4.78 is 17.6. The molecule has 2 heterocycles. The molecule has 8 nitrogen and oxygen atoms in total. The van der Waals surface area contributed by atoms with Gasteiger partial charge in [-0.1, -0.05) is 12.1 Å². The number of carbonyl (C=O) groups excluding carboxylic acids is 2. The molecule has 8 heteroatoms. The maximum Gasteiger partial charge on any atom is 0.360 e. The lowest BCUT2D eigenvalue weighted by atomic mass is 10.1. The molecule has 0 spiro atoms. The summed E-state index contributed by atoms with van der Waals surface area (Å²) >= 11 is 0. The number of carbonyl (C=O) groups is 2. The number of benzene rings is 1. The normalized spacial score (nSPS) is 10.7. The molecule has 1 amide bonds. The van der Waals surface area contributed by atoms with Gasteiger partial charge in [0.1, 0.15) is 18.1 Å². The minimum atomic E-state index is -0.633. The van der Waals surface area contributed by atoms with Gasteiger partial charge in [0.05, 0.1) is 18.5 Å². The smallest absolute Gasteiger partial charge is 0.360 e. The van der Waals surface area contributed by atoms with Crippen molar-refractivity contribution in [2.24, 2.45) is 7.05 Å². The number of amides is 1. The molecule has 0 radical (unpaired) electrons. The third-order valence-electron chi connectivity index (χ3n) is 4.55. The summed E-state index contributed by atoms with van der Waals surface area (Å²) in [5.41, 5.74) is 3.05. The molecule has 1 aromatic carbocycles. The van der Waals surface area contributed by atoms with Crippen molar-refractivity contribution in [3.8, 4) is 5.75 Å². The number of furan rings is 1. The molecule has 1 N–H and O–H groups in total. The highest BCUT2D eigenvalue weighted by Crippen LogP contribution is 2.23. The number of aryl methyl sites for hydroxylation is 3. The van der Waals surface area contributed by atoms with Crippen molar-refractivity contribution >= 4 is 17.6 Å². The molecule has 0 saturated heterocycles. The van der Waals surface area contributed by atoms with E-state index in [1.54, 1.807) is 26.1 Å². The van der Waals surface area contributed by atoms with Gasteiger partial charge in [-0.05, 0) is 50.1 Å². The molecular weight excluding hydrogens is 374 g/mol. The van der Waals surface area contributed by atoms with Crippen molar-refractivity contribution in [1.82, 2.24) is 9.78 Å². The van der Waals surface area contributed by atoms with Gasteiger partial charge < -0.3 is 19.2 Å². The summed E-state index contributed by atoms with van der Waals surface area (Å²) in [6.45, 7) is 5.88. The Balaban J connectivity index is 1.72. The van der Waals surface area contributed by atoms with Crippen molar-refractivity contribution < 1.29 is 23.5 Å². The highest BCUT2D eigenvalue weighted by molar-refractivity contribution is 6.06. The Morgan fingerprint density at radius 3 is 2.66 bits per heavy atom. The molecule has 3 aromatic rings. The molecule has 0 aliphatic heterocycles. The number of nitrogens with zero attached hydrogens (tertiary/aromatic N) is 2. The fourth-order valence-electron chi connectivity index (χ4n) is 2.76. The van der Waals surface area contributed by atoms with Crippen LogP contribution < -0.4 is 10.1 Å². The standard InChI is InChI=1S/C21H23N3O5/c1-12-6-7-13(2)17(10-12)28-11-15-8-9-16(29-15)20(25)22-18-14(3)24(4)23-19(18)21(26)27-5/h6-10H,11H2,1-5H3,(H,22,25). The summed E-state index contributed by atoms with van der Waals surface area (Å²) in [5.74, 6) is 0.243. The van der Waals surface area contributed by atoms with Gasteiger partial charge in [-0.2, -0.15) is 5.10 Å². The van der Waals surface area contributed by atoms with E-state index in [0.29, 0.717) is 11.5 Å². The average molecular weight is 397 g/mol. The van der Waals surface area contributed by atoms with Crippen molar-refractivity contribution in [2.45, 2.75) is 27.4 Å². The maximum atomic E-state index is 12.6. The Bertz CT molecular complexity index is 1060. The number of hydrogen-bond donors (Lipinski definition) is 1. The van der Waals surface area contributed by atoms with Gasteiger partial charge in [0.2, 0.25) is 0 Å². The zero-order valence-electron chi connectivity index (χ0n) is 17.0. The fourth-order valence-corrected chi connectivity index (χ4v) is 2.76. The van der Waals surface area contributed by atoms with Gasteiger partial charge in [-0.25, -0.2) is 4.79 Å². The quantitative estimate of drug-likeness (QED) is 0.639. The van der Waals surface area contributed by atoms with Crippen molar-refractivity contribution in [3.05, 3.63) is 64.4 Å². The molecule has 0 unspecified atom stereocenters. The van der Waals surface area contributed by atoms with Gasteiger partial charge in [0.25, 0.3) is 5.91 Å². The summed E-state index contributed by atoms with van der Waals surface area (Å²) in [5, 5.41) is 6.77. The average Bonchev–Trinajstić information content (AvgIpc) is 3.28. The minimum Gasteiger partial charge on any atom is -0.485 e. The summed E-state index contributed by atoms with van der Waals surface area (Å²) in [6, 6.07) is 9.19. The molecule has 3 rings (SSSR count). The second-order valence-electron chi connectivity index (χ2n) is 6.70. The van der Waals surface area contributed by atoms with E-state index in [-0.39, 0.29) is 23.7 Å². The number of aromatic nitrogens is 2. The third-order valence-corrected chi connectivity index (χ3v) is 4.55. The predicted molar refractivity (Wildman–Crippen MR) is 106 cm³/mol. The molecule has 29 heavy (non-hydrogen) atoms. The van der Waals surface area contributed by atoms with Crippen LogP contribution in [0.4, 0.5) is 5.69 Å². The highest BCUT2D eigenvalue weighted by atomic mass is 16.5. The van der Waals surface area contributed by atoms with E-state index in [0.717, 1.165) is 16.9 Å². The van der Waals surface area contributed by atoms with Crippen molar-refractivity contribution in [3.63, 3.8) is 0 Å². The van der Waals surface area contributed by atoms with E-state index < -0.39 is 11.9 Å². The third kappa shape index (κ3) is 4.31. The first-order chi connectivity index (χ1) is 13.8. The van der Waals surface area contributed by atoms with Crippen LogP contribution in [0.5, 0.6) is 5.75 Å². The molecular formula is C21H23N3O5. The number of ether oxygens (including phenoxy) is 2. The summed E-state index contributed by atoms with van der Waals surface area (Å²) in [7, 11) is 2.93. The first kappa shape index (κ1) is 20.2. The van der Waals surface area contributed by atoms with E-state index in [9.17, 15) is 9.59 Å². The molecule has 0 saturated carbocycles. The second-order valence-corrected chi connectivity index (χ2v) is 6.70. The lowest BCUT2D eigenvalue weighted by Gasteiger charge is -2.08. The maximum absolute atomic E-state index is 12.6. The summed E-state index contributed by atoms with van der Waals surface area (Å²) in [6.07, 6.45) is 0. The monoisotopic (exact) mass is 397 g/mol. The number of methoxy groups -OCH3 is 1. The molecule has 2 aromatic heterocycles. The van der Waals surface area contributed by atoms with Crippen molar-refractivity contribution in [2.75, 3.05) is 12.4 Å². The van der Waals surface area contributed by atoms with Crippen LogP contribution >= 0.6 is 0 Å². The number of anilines is 1. The van der Waals surface area contributed by atoms with Crippen LogP contribution in [-0.2, 0) is 18.4 Å². The Kier molecular flexibility index (Phi) is 5.72. The van der Waals surface area contributed by atoms with Gasteiger partial charge in [0.15, 0.2) is 11.5 Å². The van der Waals surface area contributed by atoms with Gasteiger partial charge in [-0.15, -0.1) is 0 Å². The zero-order valence-corrected chi connectivity index (χ0v) is 17.0. The van der Waals surface area contributed by atoms with Crippen LogP contribution in [0, 0.1) is 20.8 Å². The molecule has 0 fully saturated rings. The van der Waals surface area contributed by atoms with Crippen LogP contribution in [0.2, 0.25) is 0 Å². The van der Waals surface area contributed by atoms with E-state index in [2.05, 4.69) is 10.4 Å². The SMILES string of the molecule is COC(=O)c1nn(C)c(C)c1NC(=O)c1ccc(COc2cc(C)ccc2C)o1. The first-order valence-corrected chi connectivity index (χ1v) is 9.02. The van der Waals surface area contributed by atoms with E-state index >= 15 is 0 Å². The Morgan fingerprint density at radius 1 is 1.17 bits per heavy atom. The lowest BCUT2D eigenvalue weighted by Crippen LogP contribution is -2.15. The van der Waals surface area contributed by atoms with Crippen LogP contribution in [0.25, 0.3) is 0 Å². The largest absolute Gasteiger partial charge is 0.485 e. The molecule has 0 atom stereocenters. The topological polar surface area (TPSA) is 95.6 Å². The predicted octanol–water partition coefficient (Wildman–Crippen LogP) is 3.56. The molecule has 0 aliphatic rings.